The van der Waals surface area contributed by atoms with Crippen molar-refractivity contribution in [2.75, 3.05) is 18.9 Å². The van der Waals surface area contributed by atoms with Crippen molar-refractivity contribution in [3.05, 3.63) is 24.0 Å². The molecule has 0 aromatic heterocycles. The van der Waals surface area contributed by atoms with E-state index in [9.17, 15) is 9.18 Å². The number of nitrogens with one attached hydrogen (secondary N) is 2. The van der Waals surface area contributed by atoms with Crippen LogP contribution < -0.4 is 15.4 Å². The Morgan fingerprint density at radius 2 is 2.17 bits per heavy atom. The standard InChI is InChI=1S/C13H19FN2O2/c1-9(2)18-12-5-4-10(8-11(12)14)16-13(17)6-7-15-3/h4-5,8-9,15H,6-7H2,1-3H3,(H,16,17). The molecule has 0 bridgehead atoms. The summed E-state index contributed by atoms with van der Waals surface area (Å²) < 4.78 is 18.9. The van der Waals surface area contributed by atoms with E-state index in [1.807, 2.05) is 13.8 Å². The number of carbonyl (C=O) groups is 1. The Hall–Kier alpha value is -1.62. The second kappa shape index (κ2) is 6.96. The summed E-state index contributed by atoms with van der Waals surface area (Å²) in [4.78, 5) is 11.4. The minimum atomic E-state index is -0.477. The van der Waals surface area contributed by atoms with Crippen molar-refractivity contribution in [3.8, 4) is 5.75 Å². The van der Waals surface area contributed by atoms with Crippen LogP contribution in [0.4, 0.5) is 10.1 Å². The number of hydrogen-bond acceptors (Lipinski definition) is 3. The number of benzene rings is 1. The van der Waals surface area contributed by atoms with Gasteiger partial charge in [-0.25, -0.2) is 4.39 Å². The number of amides is 1. The van der Waals surface area contributed by atoms with E-state index in [-0.39, 0.29) is 17.8 Å². The molecule has 2 N–H and O–H groups in total. The van der Waals surface area contributed by atoms with Gasteiger partial charge in [0.1, 0.15) is 0 Å². The number of halogens is 1. The number of hydrogen-bond donors (Lipinski definition) is 2. The quantitative estimate of drug-likeness (QED) is 0.818. The van der Waals surface area contributed by atoms with E-state index in [1.54, 1.807) is 13.1 Å². The lowest BCUT2D eigenvalue weighted by atomic mass is 10.2. The lowest BCUT2D eigenvalue weighted by molar-refractivity contribution is -0.116. The van der Waals surface area contributed by atoms with Gasteiger partial charge >= 0.3 is 0 Å². The van der Waals surface area contributed by atoms with Crippen LogP contribution in [-0.4, -0.2) is 25.6 Å². The Labute approximate surface area is 107 Å². The highest BCUT2D eigenvalue weighted by atomic mass is 19.1. The average molecular weight is 254 g/mol. The molecule has 18 heavy (non-hydrogen) atoms. The summed E-state index contributed by atoms with van der Waals surface area (Å²) in [6.07, 6.45) is 0.262. The third kappa shape index (κ3) is 4.71. The van der Waals surface area contributed by atoms with E-state index in [4.69, 9.17) is 4.74 Å². The molecule has 0 radical (unpaired) electrons. The molecule has 0 atom stereocenters. The zero-order chi connectivity index (χ0) is 13.5. The first kappa shape index (κ1) is 14.4. The highest BCUT2D eigenvalue weighted by molar-refractivity contribution is 5.90. The van der Waals surface area contributed by atoms with Crippen LogP contribution in [0.25, 0.3) is 0 Å². The summed E-state index contributed by atoms with van der Waals surface area (Å²) in [6.45, 7) is 4.24. The molecular formula is C13H19FN2O2. The molecule has 0 aliphatic heterocycles. The normalized spacial score (nSPS) is 10.5. The Balaban J connectivity index is 2.63. The van der Waals surface area contributed by atoms with Gasteiger partial charge in [-0.3, -0.25) is 4.79 Å². The van der Waals surface area contributed by atoms with Gasteiger partial charge in [0.05, 0.1) is 6.10 Å². The third-order valence-corrected chi connectivity index (χ3v) is 2.18. The van der Waals surface area contributed by atoms with Gasteiger partial charge in [-0.15, -0.1) is 0 Å². The first-order chi connectivity index (χ1) is 8.52. The molecule has 100 valence electrons. The van der Waals surface area contributed by atoms with Crippen LogP contribution in [0.15, 0.2) is 18.2 Å². The molecule has 0 aliphatic rings. The SMILES string of the molecule is CNCCC(=O)Nc1ccc(OC(C)C)c(F)c1. The van der Waals surface area contributed by atoms with Crippen molar-refractivity contribution < 1.29 is 13.9 Å². The fraction of sp³-hybridized carbons (Fsp3) is 0.462. The number of anilines is 1. The second-order valence-electron chi connectivity index (χ2n) is 4.21. The monoisotopic (exact) mass is 254 g/mol. The highest BCUT2D eigenvalue weighted by Gasteiger charge is 2.08. The molecule has 0 aliphatic carbocycles. The lowest BCUT2D eigenvalue weighted by Gasteiger charge is -2.12. The van der Waals surface area contributed by atoms with E-state index in [0.29, 0.717) is 18.7 Å². The van der Waals surface area contributed by atoms with Crippen LogP contribution in [0, 0.1) is 5.82 Å². The molecule has 5 heteroatoms. The van der Waals surface area contributed by atoms with E-state index in [0.717, 1.165) is 0 Å². The maximum absolute atomic E-state index is 13.6. The van der Waals surface area contributed by atoms with Gasteiger partial charge in [-0.05, 0) is 33.0 Å². The van der Waals surface area contributed by atoms with Crippen molar-refractivity contribution in [2.45, 2.75) is 26.4 Å². The molecule has 1 amide bonds. The number of carbonyl (C=O) groups excluding carboxylic acids is 1. The molecule has 0 fully saturated rings. The van der Waals surface area contributed by atoms with E-state index in [1.165, 1.54) is 12.1 Å². The van der Waals surface area contributed by atoms with Crippen molar-refractivity contribution in [1.82, 2.24) is 5.32 Å². The molecule has 0 saturated carbocycles. The smallest absolute Gasteiger partial charge is 0.225 e. The maximum atomic E-state index is 13.6. The number of rotatable bonds is 6. The van der Waals surface area contributed by atoms with Gasteiger partial charge in [-0.2, -0.15) is 0 Å². The van der Waals surface area contributed by atoms with Gasteiger partial charge in [0.25, 0.3) is 0 Å². The summed E-state index contributed by atoms with van der Waals surface area (Å²) in [5.74, 6) is -0.436. The van der Waals surface area contributed by atoms with E-state index < -0.39 is 5.82 Å². The van der Waals surface area contributed by atoms with Crippen molar-refractivity contribution in [3.63, 3.8) is 0 Å². The first-order valence-electron chi connectivity index (χ1n) is 5.93. The van der Waals surface area contributed by atoms with Gasteiger partial charge in [0.15, 0.2) is 11.6 Å². The molecule has 1 aromatic rings. The highest BCUT2D eigenvalue weighted by Crippen LogP contribution is 2.22. The predicted molar refractivity (Wildman–Crippen MR) is 69.3 cm³/mol. The minimum absolute atomic E-state index is 0.0874. The molecule has 0 saturated heterocycles. The van der Waals surface area contributed by atoms with E-state index in [2.05, 4.69) is 10.6 Å². The first-order valence-corrected chi connectivity index (χ1v) is 5.93. The molecule has 0 unspecified atom stereocenters. The molecular weight excluding hydrogens is 235 g/mol. The molecule has 1 aromatic carbocycles. The summed E-state index contributed by atoms with van der Waals surface area (Å²) >= 11 is 0. The Bertz CT molecular complexity index is 408. The minimum Gasteiger partial charge on any atom is -0.488 e. The topological polar surface area (TPSA) is 50.4 Å². The fourth-order valence-electron chi connectivity index (χ4n) is 1.39. The second-order valence-corrected chi connectivity index (χ2v) is 4.21. The van der Waals surface area contributed by atoms with Gasteiger partial charge in [0.2, 0.25) is 5.91 Å². The van der Waals surface area contributed by atoms with Crippen LogP contribution in [0.2, 0.25) is 0 Å². The number of ether oxygens (including phenoxy) is 1. The third-order valence-electron chi connectivity index (χ3n) is 2.18. The van der Waals surface area contributed by atoms with Gasteiger partial charge in [-0.1, -0.05) is 0 Å². The predicted octanol–water partition coefficient (Wildman–Crippen LogP) is 2.16. The Morgan fingerprint density at radius 1 is 1.44 bits per heavy atom. The molecule has 0 spiro atoms. The Kier molecular flexibility index (Phi) is 5.58. The summed E-state index contributed by atoms with van der Waals surface area (Å²) in [7, 11) is 1.77. The van der Waals surface area contributed by atoms with E-state index >= 15 is 0 Å². The molecule has 1 rings (SSSR count). The van der Waals surface area contributed by atoms with Crippen molar-refractivity contribution in [1.29, 1.82) is 0 Å². The van der Waals surface area contributed by atoms with Crippen LogP contribution in [0.1, 0.15) is 20.3 Å². The summed E-state index contributed by atoms with van der Waals surface area (Å²) in [5, 5.41) is 5.50. The van der Waals surface area contributed by atoms with Crippen LogP contribution in [0.3, 0.4) is 0 Å². The Morgan fingerprint density at radius 3 is 2.72 bits per heavy atom. The molecule has 4 nitrogen and oxygen atoms in total. The summed E-state index contributed by atoms with van der Waals surface area (Å²) in [6, 6.07) is 4.40. The zero-order valence-electron chi connectivity index (χ0n) is 10.9. The largest absolute Gasteiger partial charge is 0.488 e. The zero-order valence-corrected chi connectivity index (χ0v) is 10.9. The van der Waals surface area contributed by atoms with Gasteiger partial charge in [0, 0.05) is 24.7 Å². The molecule has 0 heterocycles. The van der Waals surface area contributed by atoms with Crippen LogP contribution in [0.5, 0.6) is 5.75 Å². The van der Waals surface area contributed by atoms with Crippen molar-refractivity contribution >= 4 is 11.6 Å². The van der Waals surface area contributed by atoms with Crippen LogP contribution in [-0.2, 0) is 4.79 Å². The maximum Gasteiger partial charge on any atom is 0.225 e. The van der Waals surface area contributed by atoms with Crippen LogP contribution >= 0.6 is 0 Å². The average Bonchev–Trinajstić information content (AvgIpc) is 2.29. The lowest BCUT2D eigenvalue weighted by Crippen LogP contribution is -2.18. The summed E-state index contributed by atoms with van der Waals surface area (Å²) in [5.41, 5.74) is 0.435. The fourth-order valence-corrected chi connectivity index (χ4v) is 1.39. The van der Waals surface area contributed by atoms with Crippen molar-refractivity contribution in [2.24, 2.45) is 0 Å². The van der Waals surface area contributed by atoms with Gasteiger partial charge < -0.3 is 15.4 Å².